The van der Waals surface area contributed by atoms with E-state index in [0.717, 1.165) is 11.1 Å². The summed E-state index contributed by atoms with van der Waals surface area (Å²) in [6.07, 6.45) is 11.4. The second kappa shape index (κ2) is 5.09. The van der Waals surface area contributed by atoms with E-state index in [9.17, 15) is 0 Å². The van der Waals surface area contributed by atoms with Gasteiger partial charge < -0.3 is 0 Å². The van der Waals surface area contributed by atoms with Gasteiger partial charge in [-0.15, -0.1) is 0 Å². The minimum atomic E-state index is 1.15. The van der Waals surface area contributed by atoms with Crippen LogP contribution in [0.3, 0.4) is 0 Å². The van der Waals surface area contributed by atoms with Crippen molar-refractivity contribution in [3.8, 4) is 0 Å². The average molecular weight is 171 g/mol. The molecule has 0 aliphatic carbocycles. The minimum Gasteiger partial charge on any atom is -0.265 e. The average Bonchev–Trinajstić information content (AvgIpc) is 2.19. The first-order valence-electron chi connectivity index (χ1n) is 4.24. The molecule has 0 saturated heterocycles. The molecule has 1 heterocycles. The molecule has 0 bridgehead atoms. The summed E-state index contributed by atoms with van der Waals surface area (Å²) < 4.78 is 0. The Hall–Kier alpha value is -1.63. The number of nitrogens with zero attached hydrogens (tertiary/aromatic N) is 1. The van der Waals surface area contributed by atoms with Crippen molar-refractivity contribution >= 4 is 5.57 Å². The highest BCUT2D eigenvalue weighted by Crippen LogP contribution is 2.14. The third-order valence-corrected chi connectivity index (χ3v) is 1.66. The lowest BCUT2D eigenvalue weighted by Crippen LogP contribution is -1.80. The van der Waals surface area contributed by atoms with E-state index in [2.05, 4.69) is 17.6 Å². The maximum atomic E-state index is 3.97. The third-order valence-electron chi connectivity index (χ3n) is 1.66. The molecule has 0 N–H and O–H groups in total. The zero-order chi connectivity index (χ0) is 9.52. The van der Waals surface area contributed by atoms with Gasteiger partial charge in [-0.2, -0.15) is 0 Å². The normalized spacial score (nSPS) is 11.9. The van der Waals surface area contributed by atoms with Gasteiger partial charge in [0, 0.05) is 12.4 Å². The van der Waals surface area contributed by atoms with Crippen LogP contribution < -0.4 is 0 Å². The highest BCUT2D eigenvalue weighted by molar-refractivity contribution is 5.74. The van der Waals surface area contributed by atoms with Crippen LogP contribution in [0.5, 0.6) is 0 Å². The van der Waals surface area contributed by atoms with Gasteiger partial charge in [0.1, 0.15) is 0 Å². The van der Waals surface area contributed by atoms with E-state index in [1.165, 1.54) is 0 Å². The van der Waals surface area contributed by atoms with E-state index in [4.69, 9.17) is 0 Å². The Labute approximate surface area is 79.1 Å². The molecular formula is C12H13N. The van der Waals surface area contributed by atoms with E-state index >= 15 is 0 Å². The van der Waals surface area contributed by atoms with Crippen LogP contribution in [0.1, 0.15) is 12.5 Å². The monoisotopic (exact) mass is 171 g/mol. The molecule has 0 unspecified atom stereocenters. The van der Waals surface area contributed by atoms with Crippen LogP contribution in [-0.4, -0.2) is 4.98 Å². The quantitative estimate of drug-likeness (QED) is 0.636. The van der Waals surface area contributed by atoms with Crippen molar-refractivity contribution in [1.29, 1.82) is 0 Å². The predicted molar refractivity (Wildman–Crippen MR) is 57.2 cm³/mol. The van der Waals surface area contributed by atoms with Gasteiger partial charge in [0.15, 0.2) is 0 Å². The molecule has 1 aromatic heterocycles. The molecule has 0 atom stereocenters. The topological polar surface area (TPSA) is 12.9 Å². The van der Waals surface area contributed by atoms with Gasteiger partial charge in [0.2, 0.25) is 0 Å². The summed E-state index contributed by atoms with van der Waals surface area (Å²) >= 11 is 0. The smallest absolute Gasteiger partial charge is 0.0273 e. The Kier molecular flexibility index (Phi) is 3.71. The Balaban J connectivity index is 3.03. The summed E-state index contributed by atoms with van der Waals surface area (Å²) in [5.41, 5.74) is 2.31. The van der Waals surface area contributed by atoms with Crippen molar-refractivity contribution in [2.24, 2.45) is 0 Å². The number of allylic oxidation sites excluding steroid dienone is 5. The fourth-order valence-electron chi connectivity index (χ4n) is 1.10. The molecule has 1 rings (SSSR count). The van der Waals surface area contributed by atoms with Crippen LogP contribution in [0.15, 0.2) is 55.4 Å². The van der Waals surface area contributed by atoms with E-state index in [-0.39, 0.29) is 0 Å². The van der Waals surface area contributed by atoms with Crippen LogP contribution in [0, 0.1) is 0 Å². The Morgan fingerprint density at radius 3 is 2.62 bits per heavy atom. The fourth-order valence-corrected chi connectivity index (χ4v) is 1.10. The van der Waals surface area contributed by atoms with Crippen molar-refractivity contribution < 1.29 is 0 Å². The van der Waals surface area contributed by atoms with E-state index < -0.39 is 0 Å². The molecule has 13 heavy (non-hydrogen) atoms. The van der Waals surface area contributed by atoms with Crippen LogP contribution in [0.2, 0.25) is 0 Å². The summed E-state index contributed by atoms with van der Waals surface area (Å²) in [6, 6.07) is 3.96. The number of hydrogen-bond acceptors (Lipinski definition) is 1. The summed E-state index contributed by atoms with van der Waals surface area (Å²) in [6.45, 7) is 5.68. The minimum absolute atomic E-state index is 1.15. The molecule has 0 spiro atoms. The SMILES string of the molecule is C=C/C=C(\C=C/C)c1ccncc1. The first kappa shape index (κ1) is 9.46. The van der Waals surface area contributed by atoms with Crippen LogP contribution in [-0.2, 0) is 0 Å². The first-order valence-corrected chi connectivity index (χ1v) is 4.24. The Morgan fingerprint density at radius 1 is 1.38 bits per heavy atom. The lowest BCUT2D eigenvalue weighted by molar-refractivity contribution is 1.32. The van der Waals surface area contributed by atoms with Gasteiger partial charge in [-0.3, -0.25) is 4.98 Å². The summed E-state index contributed by atoms with van der Waals surface area (Å²) in [5, 5.41) is 0. The van der Waals surface area contributed by atoms with E-state index in [1.54, 1.807) is 18.5 Å². The van der Waals surface area contributed by atoms with E-state index in [1.807, 2.05) is 31.2 Å². The molecule has 1 nitrogen and oxygen atoms in total. The Morgan fingerprint density at radius 2 is 2.08 bits per heavy atom. The molecule has 0 saturated carbocycles. The van der Waals surface area contributed by atoms with Crippen LogP contribution in [0.4, 0.5) is 0 Å². The highest BCUT2D eigenvalue weighted by atomic mass is 14.6. The molecule has 1 heteroatoms. The van der Waals surface area contributed by atoms with Crippen LogP contribution in [0.25, 0.3) is 5.57 Å². The van der Waals surface area contributed by atoms with E-state index in [0.29, 0.717) is 0 Å². The van der Waals surface area contributed by atoms with Crippen molar-refractivity contribution in [2.45, 2.75) is 6.92 Å². The second-order valence-electron chi connectivity index (χ2n) is 2.59. The fraction of sp³-hybridized carbons (Fsp3) is 0.0833. The molecule has 0 amide bonds. The first-order chi connectivity index (χ1) is 6.38. The zero-order valence-electron chi connectivity index (χ0n) is 7.77. The van der Waals surface area contributed by atoms with Crippen LogP contribution >= 0.6 is 0 Å². The molecule has 0 aromatic carbocycles. The molecule has 1 aromatic rings. The number of rotatable bonds is 3. The zero-order valence-corrected chi connectivity index (χ0v) is 7.77. The van der Waals surface area contributed by atoms with Crippen molar-refractivity contribution in [1.82, 2.24) is 4.98 Å². The Bertz CT molecular complexity index is 320. The largest absolute Gasteiger partial charge is 0.265 e. The standard InChI is InChI=1S/C12H13N/c1-3-5-11(6-4-2)12-7-9-13-10-8-12/h3-10H,1H2,2H3/b6-4-,11-5+. The maximum Gasteiger partial charge on any atom is 0.0273 e. The molecule has 0 radical (unpaired) electrons. The highest BCUT2D eigenvalue weighted by Gasteiger charge is 1.93. The van der Waals surface area contributed by atoms with Gasteiger partial charge in [-0.05, 0) is 30.2 Å². The maximum absolute atomic E-state index is 3.97. The van der Waals surface area contributed by atoms with Crippen molar-refractivity contribution in [3.63, 3.8) is 0 Å². The number of hydrogen-bond donors (Lipinski definition) is 0. The predicted octanol–water partition coefficient (Wildman–Crippen LogP) is 3.23. The molecule has 0 aliphatic heterocycles. The summed E-state index contributed by atoms with van der Waals surface area (Å²) in [4.78, 5) is 3.97. The molecular weight excluding hydrogens is 158 g/mol. The summed E-state index contributed by atoms with van der Waals surface area (Å²) in [7, 11) is 0. The number of pyridine rings is 1. The second-order valence-corrected chi connectivity index (χ2v) is 2.59. The van der Waals surface area contributed by atoms with Crippen molar-refractivity contribution in [2.75, 3.05) is 0 Å². The van der Waals surface area contributed by atoms with Crippen molar-refractivity contribution in [3.05, 3.63) is 61.0 Å². The molecule has 0 fully saturated rings. The van der Waals surface area contributed by atoms with Gasteiger partial charge in [-0.1, -0.05) is 30.9 Å². The van der Waals surface area contributed by atoms with Gasteiger partial charge in [0.05, 0.1) is 0 Å². The lowest BCUT2D eigenvalue weighted by Gasteiger charge is -1.99. The van der Waals surface area contributed by atoms with Gasteiger partial charge in [0.25, 0.3) is 0 Å². The van der Waals surface area contributed by atoms with Gasteiger partial charge in [-0.25, -0.2) is 0 Å². The molecule has 0 aliphatic rings. The lowest BCUT2D eigenvalue weighted by atomic mass is 10.1. The third kappa shape index (κ3) is 2.71. The molecule has 66 valence electrons. The summed E-state index contributed by atoms with van der Waals surface area (Å²) in [5.74, 6) is 0. The number of aromatic nitrogens is 1. The van der Waals surface area contributed by atoms with Gasteiger partial charge >= 0.3 is 0 Å².